The van der Waals surface area contributed by atoms with Gasteiger partial charge in [-0.2, -0.15) is 4.31 Å². The van der Waals surface area contributed by atoms with Crippen LogP contribution >= 0.6 is 0 Å². The number of nitrogens with zero attached hydrogens (tertiary/aromatic N) is 4. The summed E-state index contributed by atoms with van der Waals surface area (Å²) in [4.78, 5) is 17.9. The number of hydrogen-bond acceptors (Lipinski definition) is 6. The van der Waals surface area contributed by atoms with Gasteiger partial charge in [0.1, 0.15) is 10.6 Å². The van der Waals surface area contributed by atoms with Crippen molar-refractivity contribution in [2.24, 2.45) is 5.92 Å². The molecule has 0 saturated carbocycles. The Balaban J connectivity index is 1.25. The molecule has 0 atom stereocenters. The molecular weight excluding hydrogens is 452 g/mol. The van der Waals surface area contributed by atoms with Gasteiger partial charge in [-0.25, -0.2) is 8.42 Å². The normalized spacial score (nSPS) is 19.3. The molecule has 1 aromatic heterocycles. The van der Waals surface area contributed by atoms with Crippen LogP contribution in [0.3, 0.4) is 0 Å². The standard InChI is InChI=1S/C25H36N4O4S/c1-20-24(21(2)33-26-20)34(31,32)29-16-11-23(12-17-29)25(30)28-15-7-14-27(18-19-28)13-6-10-22-8-4-3-5-9-22/h3-5,8-9,23H,6-7,10-19H2,1-2H3. The summed E-state index contributed by atoms with van der Waals surface area (Å²) >= 11 is 0. The molecule has 0 radical (unpaired) electrons. The van der Waals surface area contributed by atoms with Crippen LogP contribution in [0.2, 0.25) is 0 Å². The predicted octanol–water partition coefficient (Wildman–Crippen LogP) is 2.86. The lowest BCUT2D eigenvalue weighted by atomic mass is 9.96. The van der Waals surface area contributed by atoms with E-state index < -0.39 is 10.0 Å². The molecule has 1 amide bonds. The molecule has 3 heterocycles. The van der Waals surface area contributed by atoms with Crippen molar-refractivity contribution in [3.8, 4) is 0 Å². The number of benzene rings is 1. The molecule has 2 aromatic rings. The van der Waals surface area contributed by atoms with Gasteiger partial charge in [-0.15, -0.1) is 0 Å². The molecule has 1 aromatic carbocycles. The predicted molar refractivity (Wildman–Crippen MR) is 130 cm³/mol. The highest BCUT2D eigenvalue weighted by Crippen LogP contribution is 2.28. The van der Waals surface area contributed by atoms with Gasteiger partial charge in [-0.1, -0.05) is 35.5 Å². The summed E-state index contributed by atoms with van der Waals surface area (Å²) in [7, 11) is -3.65. The van der Waals surface area contributed by atoms with Crippen molar-refractivity contribution in [1.29, 1.82) is 0 Å². The summed E-state index contributed by atoms with van der Waals surface area (Å²) in [5.41, 5.74) is 1.76. The van der Waals surface area contributed by atoms with Crippen molar-refractivity contribution in [1.82, 2.24) is 19.3 Å². The summed E-state index contributed by atoms with van der Waals surface area (Å²) in [5.74, 6) is 0.384. The van der Waals surface area contributed by atoms with E-state index in [1.807, 2.05) is 11.0 Å². The first-order valence-electron chi connectivity index (χ1n) is 12.3. The smallest absolute Gasteiger partial charge is 0.248 e. The van der Waals surface area contributed by atoms with Crippen molar-refractivity contribution < 1.29 is 17.7 Å². The third kappa shape index (κ3) is 5.70. The number of carbonyl (C=O) groups excluding carboxylic acids is 1. The number of amides is 1. The van der Waals surface area contributed by atoms with E-state index in [-0.39, 0.29) is 16.7 Å². The van der Waals surface area contributed by atoms with E-state index in [2.05, 4.69) is 34.3 Å². The molecule has 0 aliphatic carbocycles. The summed E-state index contributed by atoms with van der Waals surface area (Å²) in [6.07, 6.45) is 4.29. The summed E-state index contributed by atoms with van der Waals surface area (Å²) in [5, 5.41) is 3.78. The monoisotopic (exact) mass is 488 g/mol. The third-order valence-electron chi connectivity index (χ3n) is 7.05. The Morgan fingerprint density at radius 2 is 1.76 bits per heavy atom. The van der Waals surface area contributed by atoms with Crippen LogP contribution < -0.4 is 0 Å². The second kappa shape index (κ2) is 11.0. The average Bonchev–Trinajstić information content (AvgIpc) is 3.04. The topological polar surface area (TPSA) is 87.0 Å². The lowest BCUT2D eigenvalue weighted by molar-refractivity contribution is -0.136. The largest absolute Gasteiger partial charge is 0.360 e. The van der Waals surface area contributed by atoms with Crippen LogP contribution in [0.1, 0.15) is 42.7 Å². The van der Waals surface area contributed by atoms with E-state index in [0.717, 1.165) is 52.0 Å². The quantitative estimate of drug-likeness (QED) is 0.596. The number of aryl methyl sites for hydroxylation is 3. The van der Waals surface area contributed by atoms with Crippen LogP contribution in [0.4, 0.5) is 0 Å². The van der Waals surface area contributed by atoms with Crippen molar-refractivity contribution >= 4 is 15.9 Å². The van der Waals surface area contributed by atoms with E-state index >= 15 is 0 Å². The fraction of sp³-hybridized carbons (Fsp3) is 0.600. The van der Waals surface area contributed by atoms with Crippen LogP contribution in [0.5, 0.6) is 0 Å². The molecule has 0 N–H and O–H groups in total. The lowest BCUT2D eigenvalue weighted by Crippen LogP contribution is -2.45. The maximum Gasteiger partial charge on any atom is 0.248 e. The molecule has 2 saturated heterocycles. The Hall–Kier alpha value is -2.23. The Kier molecular flexibility index (Phi) is 8.06. The van der Waals surface area contributed by atoms with Crippen molar-refractivity contribution in [2.45, 2.75) is 50.8 Å². The number of piperidine rings is 1. The molecule has 2 aliphatic heterocycles. The Morgan fingerprint density at radius 1 is 1.03 bits per heavy atom. The number of aromatic nitrogens is 1. The number of sulfonamides is 1. The maximum atomic E-state index is 13.2. The molecule has 0 unspecified atom stereocenters. The van der Waals surface area contributed by atoms with Crippen LogP contribution in [-0.4, -0.2) is 79.4 Å². The number of carbonyl (C=O) groups is 1. The second-order valence-electron chi connectivity index (χ2n) is 9.44. The SMILES string of the molecule is Cc1noc(C)c1S(=O)(=O)N1CCC(C(=O)N2CCCN(CCCc3ccccc3)CC2)CC1. The van der Waals surface area contributed by atoms with E-state index in [9.17, 15) is 13.2 Å². The maximum absolute atomic E-state index is 13.2. The van der Waals surface area contributed by atoms with Gasteiger partial charge < -0.3 is 14.3 Å². The number of rotatable bonds is 7. The van der Waals surface area contributed by atoms with Crippen LogP contribution in [0, 0.1) is 19.8 Å². The molecular formula is C25H36N4O4S. The highest BCUT2D eigenvalue weighted by atomic mass is 32.2. The Labute approximate surface area is 202 Å². The van der Waals surface area contributed by atoms with Crippen LogP contribution in [0.15, 0.2) is 39.8 Å². The molecule has 0 bridgehead atoms. The van der Waals surface area contributed by atoms with E-state index in [1.54, 1.807) is 13.8 Å². The molecule has 0 spiro atoms. The lowest BCUT2D eigenvalue weighted by Gasteiger charge is -2.33. The summed E-state index contributed by atoms with van der Waals surface area (Å²) < 4.78 is 32.6. The zero-order chi connectivity index (χ0) is 24.1. The van der Waals surface area contributed by atoms with Gasteiger partial charge in [0.2, 0.25) is 15.9 Å². The molecule has 4 rings (SSSR count). The third-order valence-corrected chi connectivity index (χ3v) is 9.20. The van der Waals surface area contributed by atoms with E-state index in [4.69, 9.17) is 4.52 Å². The highest BCUT2D eigenvalue weighted by Gasteiger charge is 2.36. The van der Waals surface area contributed by atoms with E-state index in [1.165, 1.54) is 9.87 Å². The van der Waals surface area contributed by atoms with Gasteiger partial charge in [0, 0.05) is 38.6 Å². The minimum Gasteiger partial charge on any atom is -0.360 e. The second-order valence-corrected chi connectivity index (χ2v) is 11.3. The van der Waals surface area contributed by atoms with Gasteiger partial charge in [0.15, 0.2) is 5.76 Å². The van der Waals surface area contributed by atoms with Gasteiger partial charge >= 0.3 is 0 Å². The highest BCUT2D eigenvalue weighted by molar-refractivity contribution is 7.89. The van der Waals surface area contributed by atoms with Crippen molar-refractivity contribution in [3.05, 3.63) is 47.3 Å². The van der Waals surface area contributed by atoms with Gasteiger partial charge in [-0.3, -0.25) is 4.79 Å². The first-order chi connectivity index (χ1) is 16.4. The number of hydrogen-bond donors (Lipinski definition) is 0. The van der Waals surface area contributed by atoms with Gasteiger partial charge in [0.25, 0.3) is 0 Å². The fourth-order valence-electron chi connectivity index (χ4n) is 5.14. The Bertz CT molecular complexity index is 1040. The minimum atomic E-state index is -3.65. The van der Waals surface area contributed by atoms with E-state index in [0.29, 0.717) is 37.4 Å². The first-order valence-corrected chi connectivity index (χ1v) is 13.8. The first kappa shape index (κ1) is 24.9. The average molecular weight is 489 g/mol. The van der Waals surface area contributed by atoms with Crippen molar-refractivity contribution in [2.75, 3.05) is 45.8 Å². The molecule has 2 fully saturated rings. The molecule has 34 heavy (non-hydrogen) atoms. The summed E-state index contributed by atoms with van der Waals surface area (Å²) in [6.45, 7) is 8.47. The molecule has 8 nitrogen and oxygen atoms in total. The van der Waals surface area contributed by atoms with Gasteiger partial charge in [-0.05, 0) is 64.6 Å². The zero-order valence-corrected chi connectivity index (χ0v) is 21.1. The zero-order valence-electron chi connectivity index (χ0n) is 20.3. The molecule has 2 aliphatic rings. The van der Waals surface area contributed by atoms with Crippen molar-refractivity contribution in [3.63, 3.8) is 0 Å². The van der Waals surface area contributed by atoms with Gasteiger partial charge in [0.05, 0.1) is 0 Å². The Morgan fingerprint density at radius 3 is 2.44 bits per heavy atom. The fourth-order valence-corrected chi connectivity index (χ4v) is 6.90. The summed E-state index contributed by atoms with van der Waals surface area (Å²) in [6, 6.07) is 10.6. The van der Waals surface area contributed by atoms with Crippen LogP contribution in [-0.2, 0) is 21.2 Å². The minimum absolute atomic E-state index is 0.110. The van der Waals surface area contributed by atoms with Crippen LogP contribution in [0.25, 0.3) is 0 Å². The molecule has 186 valence electrons. The molecule has 9 heteroatoms.